The van der Waals surface area contributed by atoms with Gasteiger partial charge in [0.1, 0.15) is 0 Å². The lowest BCUT2D eigenvalue weighted by atomic mass is 9.33. The summed E-state index contributed by atoms with van der Waals surface area (Å²) in [4.78, 5) is 25.4. The molecule has 1 unspecified atom stereocenters. The van der Waals surface area contributed by atoms with Crippen LogP contribution >= 0.6 is 0 Å². The molecular formula is C32H51NO3. The zero-order chi connectivity index (χ0) is 26.5. The Morgan fingerprint density at radius 2 is 1.58 bits per heavy atom. The smallest absolute Gasteiger partial charge is 0.407 e. The molecule has 0 radical (unpaired) electrons. The number of hydrogen-bond donors (Lipinski definition) is 1. The van der Waals surface area contributed by atoms with Crippen LogP contribution in [0.1, 0.15) is 113 Å². The van der Waals surface area contributed by atoms with Crippen LogP contribution in [0, 0.1) is 50.7 Å². The van der Waals surface area contributed by atoms with Crippen LogP contribution in [0.25, 0.3) is 0 Å². The molecule has 0 saturated heterocycles. The average molecular weight is 498 g/mol. The molecule has 0 aliphatic heterocycles. The van der Waals surface area contributed by atoms with Crippen molar-refractivity contribution in [1.82, 2.24) is 5.32 Å². The maximum absolute atomic E-state index is 13.3. The van der Waals surface area contributed by atoms with E-state index in [1.807, 2.05) is 0 Å². The first-order valence-electron chi connectivity index (χ1n) is 14.8. The van der Waals surface area contributed by atoms with Gasteiger partial charge in [-0.1, -0.05) is 61.0 Å². The SMILES string of the molecule is COC(=O)NC1CC[C@]2(C)[C@H]3CC[C@@H]4C5=C(C(C)C)C(=O)C[C@]5(C)CC[C@@]4(C)[C@]3(C)CC[C@H]2C1(C)C. The topological polar surface area (TPSA) is 55.4 Å². The number of hydrogen-bond acceptors (Lipinski definition) is 3. The maximum Gasteiger partial charge on any atom is 0.407 e. The number of amides is 1. The summed E-state index contributed by atoms with van der Waals surface area (Å²) < 4.78 is 4.98. The molecule has 1 N–H and O–H groups in total. The molecule has 0 heterocycles. The molecule has 0 aromatic carbocycles. The third-order valence-electron chi connectivity index (χ3n) is 13.3. The van der Waals surface area contributed by atoms with Crippen LogP contribution in [0.4, 0.5) is 4.79 Å². The number of Topliss-reactive ketones (excluding diaryl/α,β-unsaturated/α-hetero) is 1. The molecule has 36 heavy (non-hydrogen) atoms. The molecule has 5 rings (SSSR count). The highest BCUT2D eigenvalue weighted by Gasteiger charge is 2.69. The van der Waals surface area contributed by atoms with Crippen molar-refractivity contribution in [1.29, 1.82) is 0 Å². The van der Waals surface area contributed by atoms with E-state index in [9.17, 15) is 9.59 Å². The number of alkyl carbamates (subject to hydrolysis) is 1. The number of fused-ring (bicyclic) bond motifs is 7. The predicted molar refractivity (Wildman–Crippen MR) is 144 cm³/mol. The number of methoxy groups -OCH3 is 1. The second kappa shape index (κ2) is 8.09. The molecule has 4 fully saturated rings. The van der Waals surface area contributed by atoms with Gasteiger partial charge in [0.05, 0.1) is 7.11 Å². The Bertz CT molecular complexity index is 995. The molecule has 4 heteroatoms. The van der Waals surface area contributed by atoms with Gasteiger partial charge in [0, 0.05) is 12.5 Å². The van der Waals surface area contributed by atoms with Crippen LogP contribution < -0.4 is 5.32 Å². The van der Waals surface area contributed by atoms with Gasteiger partial charge in [0.25, 0.3) is 0 Å². The van der Waals surface area contributed by atoms with E-state index in [4.69, 9.17) is 4.74 Å². The van der Waals surface area contributed by atoms with Crippen LogP contribution in [0.5, 0.6) is 0 Å². The van der Waals surface area contributed by atoms with E-state index in [1.165, 1.54) is 51.2 Å². The fourth-order valence-electron chi connectivity index (χ4n) is 11.3. The molecule has 1 amide bonds. The summed E-state index contributed by atoms with van der Waals surface area (Å²) in [6.45, 7) is 19.5. The van der Waals surface area contributed by atoms with Gasteiger partial charge in [-0.3, -0.25) is 4.79 Å². The van der Waals surface area contributed by atoms with Crippen molar-refractivity contribution >= 4 is 11.9 Å². The van der Waals surface area contributed by atoms with E-state index < -0.39 is 0 Å². The second-order valence-corrected chi connectivity index (χ2v) is 15.3. The summed E-state index contributed by atoms with van der Waals surface area (Å²) in [7, 11) is 1.47. The molecule has 0 aromatic heterocycles. The summed E-state index contributed by atoms with van der Waals surface area (Å²) in [5.41, 5.74) is 3.71. The third-order valence-corrected chi connectivity index (χ3v) is 13.3. The molecule has 5 aliphatic rings. The number of carbonyl (C=O) groups is 2. The molecule has 0 aromatic rings. The highest BCUT2D eigenvalue weighted by Crippen LogP contribution is 2.76. The molecule has 8 atom stereocenters. The number of nitrogens with one attached hydrogen (secondary N) is 1. The fraction of sp³-hybridized carbons (Fsp3) is 0.875. The Morgan fingerprint density at radius 3 is 2.22 bits per heavy atom. The Labute approximate surface area is 219 Å². The van der Waals surface area contributed by atoms with E-state index in [0.29, 0.717) is 29.5 Å². The first-order chi connectivity index (χ1) is 16.7. The molecule has 4 saturated carbocycles. The first kappa shape index (κ1) is 26.3. The Morgan fingerprint density at radius 1 is 0.889 bits per heavy atom. The minimum absolute atomic E-state index is 0.0383. The fourth-order valence-corrected chi connectivity index (χ4v) is 11.3. The molecular weight excluding hydrogens is 446 g/mol. The van der Waals surface area contributed by atoms with Crippen LogP contribution in [0.15, 0.2) is 11.1 Å². The monoisotopic (exact) mass is 497 g/mol. The van der Waals surface area contributed by atoms with E-state index in [1.54, 1.807) is 5.57 Å². The van der Waals surface area contributed by atoms with Crippen LogP contribution in [-0.2, 0) is 9.53 Å². The van der Waals surface area contributed by atoms with Crippen molar-refractivity contribution < 1.29 is 14.3 Å². The summed E-state index contributed by atoms with van der Waals surface area (Å²) >= 11 is 0. The van der Waals surface area contributed by atoms with Gasteiger partial charge >= 0.3 is 6.09 Å². The van der Waals surface area contributed by atoms with Crippen molar-refractivity contribution in [3.63, 3.8) is 0 Å². The maximum atomic E-state index is 13.3. The lowest BCUT2D eigenvalue weighted by Crippen LogP contribution is -2.66. The van der Waals surface area contributed by atoms with Crippen molar-refractivity contribution in [2.75, 3.05) is 7.11 Å². The zero-order valence-electron chi connectivity index (χ0n) is 24.5. The molecule has 0 bridgehead atoms. The lowest BCUT2D eigenvalue weighted by molar-refractivity contribution is -0.215. The van der Waals surface area contributed by atoms with E-state index in [-0.39, 0.29) is 39.2 Å². The van der Waals surface area contributed by atoms with Gasteiger partial charge < -0.3 is 10.1 Å². The van der Waals surface area contributed by atoms with Crippen molar-refractivity contribution in [2.45, 2.75) is 119 Å². The van der Waals surface area contributed by atoms with Crippen molar-refractivity contribution in [3.05, 3.63) is 11.1 Å². The van der Waals surface area contributed by atoms with E-state index in [0.717, 1.165) is 19.3 Å². The predicted octanol–water partition coefficient (Wildman–Crippen LogP) is 7.71. The summed E-state index contributed by atoms with van der Waals surface area (Å²) in [6.07, 6.45) is 10.0. The minimum atomic E-state index is -0.295. The Balaban J connectivity index is 1.52. The average Bonchev–Trinajstić information content (AvgIpc) is 3.06. The number of ketones is 1. The van der Waals surface area contributed by atoms with Gasteiger partial charge in [-0.05, 0) is 108 Å². The lowest BCUT2D eigenvalue weighted by Gasteiger charge is -2.72. The number of ether oxygens (including phenoxy) is 1. The normalized spacial score (nSPS) is 47.6. The van der Waals surface area contributed by atoms with Gasteiger partial charge in [-0.25, -0.2) is 4.79 Å². The summed E-state index contributed by atoms with van der Waals surface area (Å²) in [5.74, 6) is 2.59. The largest absolute Gasteiger partial charge is 0.453 e. The van der Waals surface area contributed by atoms with Crippen LogP contribution in [0.2, 0.25) is 0 Å². The molecule has 5 aliphatic carbocycles. The van der Waals surface area contributed by atoms with E-state index >= 15 is 0 Å². The Kier molecular flexibility index (Phi) is 5.91. The number of carbonyl (C=O) groups excluding carboxylic acids is 2. The highest BCUT2D eigenvalue weighted by molar-refractivity contribution is 6.00. The molecule has 4 nitrogen and oxygen atoms in total. The zero-order valence-corrected chi connectivity index (χ0v) is 24.5. The van der Waals surface area contributed by atoms with Crippen molar-refractivity contribution in [3.8, 4) is 0 Å². The molecule has 0 spiro atoms. The summed E-state index contributed by atoms with van der Waals surface area (Å²) in [5, 5.41) is 3.19. The standard InChI is InChI=1S/C32H51NO3/c1-19(2)25-21(34)18-29(5)16-17-31(7)20(26(25)29)10-11-23-30(6)14-13-24(33-27(35)36-9)28(3,4)22(30)12-15-32(23,31)8/h19-20,22-24H,10-18H2,1-9H3,(H,33,35)/t20-,22+,23-,24?,29+,30+,31-,32-/m1/s1. The van der Waals surface area contributed by atoms with Gasteiger partial charge in [0.2, 0.25) is 0 Å². The van der Waals surface area contributed by atoms with Crippen LogP contribution in [0.3, 0.4) is 0 Å². The van der Waals surface area contributed by atoms with Crippen LogP contribution in [-0.4, -0.2) is 25.0 Å². The second-order valence-electron chi connectivity index (χ2n) is 15.3. The quantitative estimate of drug-likeness (QED) is 0.425. The first-order valence-corrected chi connectivity index (χ1v) is 14.8. The number of rotatable bonds is 2. The van der Waals surface area contributed by atoms with Gasteiger partial charge in [-0.2, -0.15) is 0 Å². The van der Waals surface area contributed by atoms with Crippen molar-refractivity contribution in [2.24, 2.45) is 50.7 Å². The van der Waals surface area contributed by atoms with Gasteiger partial charge in [-0.15, -0.1) is 0 Å². The highest BCUT2D eigenvalue weighted by atomic mass is 16.5. The Hall–Kier alpha value is -1.32. The number of allylic oxidation sites excluding steroid dienone is 2. The van der Waals surface area contributed by atoms with Gasteiger partial charge in [0.15, 0.2) is 5.78 Å². The third kappa shape index (κ3) is 3.24. The minimum Gasteiger partial charge on any atom is -0.453 e. The summed E-state index contributed by atoms with van der Waals surface area (Å²) in [6, 6.07) is 0.165. The molecule has 202 valence electrons. The van der Waals surface area contributed by atoms with E-state index in [2.05, 4.69) is 60.7 Å².